The summed E-state index contributed by atoms with van der Waals surface area (Å²) in [5, 5.41) is 9.79. The molecule has 0 radical (unpaired) electrons. The maximum atomic E-state index is 10.7. The average Bonchev–Trinajstić information content (AvgIpc) is 2.78. The molecule has 2 fully saturated rings. The normalized spacial score (nSPS) is 39.1. The van der Waals surface area contributed by atoms with Crippen LogP contribution < -0.4 is 0 Å². The topological polar surface area (TPSA) is 91.3 Å². The van der Waals surface area contributed by atoms with Crippen LogP contribution in [-0.2, 0) is 28.5 Å². The molecule has 7 nitrogen and oxygen atoms in total. The third-order valence-electron chi connectivity index (χ3n) is 2.49. The van der Waals surface area contributed by atoms with Crippen LogP contribution in [0.15, 0.2) is 0 Å². The molecule has 5 unspecified atom stereocenters. The van der Waals surface area contributed by atoms with Gasteiger partial charge in [-0.05, 0) is 0 Å². The van der Waals surface area contributed by atoms with Crippen LogP contribution >= 0.6 is 0 Å². The molecule has 0 bridgehead atoms. The Morgan fingerprint density at radius 3 is 2.88 bits per heavy atom. The number of carbonyl (C=O) groups excluding carboxylic acids is 2. The zero-order chi connectivity index (χ0) is 11.7. The highest BCUT2D eigenvalue weighted by Gasteiger charge is 2.52. The van der Waals surface area contributed by atoms with Crippen molar-refractivity contribution in [1.82, 2.24) is 0 Å². The largest absolute Gasteiger partial charge is 0.452 e. The Hall–Kier alpha value is -1.02. The molecule has 0 aromatic carbocycles. The van der Waals surface area contributed by atoms with Gasteiger partial charge in [0.25, 0.3) is 0 Å². The van der Waals surface area contributed by atoms with Gasteiger partial charge in [-0.25, -0.2) is 0 Å². The van der Waals surface area contributed by atoms with Crippen molar-refractivity contribution in [1.29, 1.82) is 0 Å². The lowest BCUT2D eigenvalue weighted by molar-refractivity contribution is -0.177. The standard InChI is InChI=1S/C9H12O7/c1-4(11)15-5(2-10)7-6(12)8-9(16-7)14-3-13-8/h2,5-9,12H,3H2,1H3. The van der Waals surface area contributed by atoms with Crippen LogP contribution in [0.3, 0.4) is 0 Å². The maximum absolute atomic E-state index is 10.7. The van der Waals surface area contributed by atoms with Crippen molar-refractivity contribution in [2.24, 2.45) is 0 Å². The summed E-state index contributed by atoms with van der Waals surface area (Å²) in [6.45, 7) is 1.21. The molecule has 0 aromatic heterocycles. The van der Waals surface area contributed by atoms with E-state index in [2.05, 4.69) is 0 Å². The van der Waals surface area contributed by atoms with Gasteiger partial charge in [0.05, 0.1) is 0 Å². The van der Waals surface area contributed by atoms with Gasteiger partial charge in [-0.2, -0.15) is 0 Å². The van der Waals surface area contributed by atoms with E-state index in [1.165, 1.54) is 6.92 Å². The van der Waals surface area contributed by atoms with Crippen LogP contribution in [0.5, 0.6) is 0 Å². The number of aldehydes is 1. The fourth-order valence-electron chi connectivity index (χ4n) is 1.79. The van der Waals surface area contributed by atoms with Gasteiger partial charge in [0, 0.05) is 6.92 Å². The van der Waals surface area contributed by atoms with Crippen LogP contribution in [0.4, 0.5) is 0 Å². The van der Waals surface area contributed by atoms with E-state index in [0.717, 1.165) is 0 Å². The van der Waals surface area contributed by atoms with Crippen LogP contribution in [0.2, 0.25) is 0 Å². The number of esters is 1. The lowest BCUT2D eigenvalue weighted by Gasteiger charge is -2.21. The Morgan fingerprint density at radius 2 is 2.31 bits per heavy atom. The highest BCUT2D eigenvalue weighted by Crippen LogP contribution is 2.31. The summed E-state index contributed by atoms with van der Waals surface area (Å²) >= 11 is 0. The summed E-state index contributed by atoms with van der Waals surface area (Å²) in [7, 11) is 0. The molecule has 2 saturated heterocycles. The lowest BCUT2D eigenvalue weighted by atomic mass is 10.1. The molecule has 5 atom stereocenters. The first-order valence-corrected chi connectivity index (χ1v) is 4.82. The van der Waals surface area contributed by atoms with Crippen molar-refractivity contribution < 1.29 is 33.6 Å². The number of aliphatic hydroxyl groups is 1. The average molecular weight is 232 g/mol. The number of ether oxygens (including phenoxy) is 4. The molecule has 2 aliphatic rings. The molecule has 0 saturated carbocycles. The minimum atomic E-state index is -1.15. The molecule has 2 rings (SSSR count). The van der Waals surface area contributed by atoms with E-state index in [1.807, 2.05) is 0 Å². The van der Waals surface area contributed by atoms with E-state index in [0.29, 0.717) is 6.29 Å². The predicted molar refractivity (Wildman–Crippen MR) is 47.1 cm³/mol. The fraction of sp³-hybridized carbons (Fsp3) is 0.778. The van der Waals surface area contributed by atoms with E-state index in [1.54, 1.807) is 0 Å². The second-order valence-electron chi connectivity index (χ2n) is 3.59. The molecule has 90 valence electrons. The molecular weight excluding hydrogens is 220 g/mol. The van der Waals surface area contributed by atoms with Crippen molar-refractivity contribution >= 4 is 12.3 Å². The van der Waals surface area contributed by atoms with E-state index in [-0.39, 0.29) is 6.79 Å². The lowest BCUT2D eigenvalue weighted by Crippen LogP contribution is -2.42. The van der Waals surface area contributed by atoms with E-state index in [9.17, 15) is 14.7 Å². The minimum absolute atomic E-state index is 0.0401. The molecule has 0 aliphatic carbocycles. The van der Waals surface area contributed by atoms with Crippen LogP contribution in [0.25, 0.3) is 0 Å². The van der Waals surface area contributed by atoms with Gasteiger partial charge < -0.3 is 24.1 Å². The third kappa shape index (κ3) is 1.94. The Balaban J connectivity index is 2.04. The van der Waals surface area contributed by atoms with Crippen LogP contribution in [0.1, 0.15) is 6.92 Å². The Bertz CT molecular complexity index is 292. The summed E-state index contributed by atoms with van der Waals surface area (Å²) in [5.74, 6) is -0.619. The number of rotatable bonds is 3. The zero-order valence-electron chi connectivity index (χ0n) is 8.57. The predicted octanol–water partition coefficient (Wildman–Crippen LogP) is -1.42. The number of fused-ring (bicyclic) bond motifs is 1. The number of carbonyl (C=O) groups is 2. The number of aliphatic hydroxyl groups excluding tert-OH is 1. The molecule has 0 amide bonds. The van der Waals surface area contributed by atoms with Crippen molar-refractivity contribution in [2.45, 2.75) is 37.6 Å². The first kappa shape index (κ1) is 11.5. The molecule has 16 heavy (non-hydrogen) atoms. The molecule has 7 heteroatoms. The molecule has 1 N–H and O–H groups in total. The van der Waals surface area contributed by atoms with Crippen molar-refractivity contribution in [3.8, 4) is 0 Å². The third-order valence-corrected chi connectivity index (χ3v) is 2.49. The van der Waals surface area contributed by atoms with E-state index >= 15 is 0 Å². The van der Waals surface area contributed by atoms with E-state index in [4.69, 9.17) is 18.9 Å². The quantitative estimate of drug-likeness (QED) is 0.471. The first-order chi connectivity index (χ1) is 7.63. The number of hydrogen-bond acceptors (Lipinski definition) is 7. The second kappa shape index (κ2) is 4.46. The molecule has 0 spiro atoms. The highest BCUT2D eigenvalue weighted by atomic mass is 16.8. The highest BCUT2D eigenvalue weighted by molar-refractivity contribution is 5.70. The minimum Gasteiger partial charge on any atom is -0.452 e. The van der Waals surface area contributed by atoms with Gasteiger partial charge in [-0.3, -0.25) is 9.59 Å². The summed E-state index contributed by atoms with van der Waals surface area (Å²) in [6, 6.07) is 0. The summed E-state index contributed by atoms with van der Waals surface area (Å²) in [5.41, 5.74) is 0. The smallest absolute Gasteiger partial charge is 0.303 e. The van der Waals surface area contributed by atoms with Gasteiger partial charge in [0.2, 0.25) is 0 Å². The maximum Gasteiger partial charge on any atom is 0.303 e. The van der Waals surface area contributed by atoms with Crippen molar-refractivity contribution in [2.75, 3.05) is 6.79 Å². The molecular formula is C9H12O7. The zero-order valence-corrected chi connectivity index (χ0v) is 8.57. The molecule has 0 aromatic rings. The van der Waals surface area contributed by atoms with Crippen molar-refractivity contribution in [3.63, 3.8) is 0 Å². The monoisotopic (exact) mass is 232 g/mol. The first-order valence-electron chi connectivity index (χ1n) is 4.82. The Labute approximate surface area is 91.2 Å². The van der Waals surface area contributed by atoms with Gasteiger partial charge in [-0.15, -0.1) is 0 Å². The van der Waals surface area contributed by atoms with Crippen molar-refractivity contribution in [3.05, 3.63) is 0 Å². The summed E-state index contributed by atoms with van der Waals surface area (Å²) in [6.07, 6.45) is -4.08. The van der Waals surface area contributed by atoms with Crippen LogP contribution in [0, 0.1) is 0 Å². The SMILES string of the molecule is CC(=O)OC(C=O)C1OC2OCOC2C1O. The molecule has 2 aliphatic heterocycles. The summed E-state index contributed by atoms with van der Waals surface area (Å²) in [4.78, 5) is 21.5. The van der Waals surface area contributed by atoms with Gasteiger partial charge in [0.15, 0.2) is 25.5 Å². The fourth-order valence-corrected chi connectivity index (χ4v) is 1.79. The van der Waals surface area contributed by atoms with Gasteiger partial charge >= 0.3 is 5.97 Å². The number of hydrogen-bond donors (Lipinski definition) is 1. The van der Waals surface area contributed by atoms with E-state index < -0.39 is 36.7 Å². The van der Waals surface area contributed by atoms with Crippen LogP contribution in [-0.4, -0.2) is 54.9 Å². The molecule has 2 heterocycles. The Kier molecular flexibility index (Phi) is 3.20. The van der Waals surface area contributed by atoms with Gasteiger partial charge in [-0.1, -0.05) is 0 Å². The second-order valence-corrected chi connectivity index (χ2v) is 3.59. The summed E-state index contributed by atoms with van der Waals surface area (Å²) < 4.78 is 20.0. The Morgan fingerprint density at radius 1 is 1.56 bits per heavy atom. The van der Waals surface area contributed by atoms with Gasteiger partial charge in [0.1, 0.15) is 18.3 Å².